The molecule has 1 aromatic heterocycles. The smallest absolute Gasteiger partial charge is 0.260 e. The fourth-order valence-corrected chi connectivity index (χ4v) is 3.83. The number of aromatic amines is 1. The summed E-state index contributed by atoms with van der Waals surface area (Å²) in [7, 11) is 0. The van der Waals surface area contributed by atoms with Crippen molar-refractivity contribution in [3.63, 3.8) is 0 Å². The molecule has 2 aromatic carbocycles. The molecule has 1 fully saturated rings. The van der Waals surface area contributed by atoms with Gasteiger partial charge in [-0.05, 0) is 43.2 Å². The number of rotatable bonds is 9. The van der Waals surface area contributed by atoms with Crippen molar-refractivity contribution in [2.24, 2.45) is 0 Å². The van der Waals surface area contributed by atoms with E-state index >= 15 is 0 Å². The summed E-state index contributed by atoms with van der Waals surface area (Å²) in [5.41, 5.74) is 2.72. The summed E-state index contributed by atoms with van der Waals surface area (Å²) < 4.78 is 16.7. The number of fused-ring (bicyclic) bond motifs is 1. The second-order valence-corrected chi connectivity index (χ2v) is 7.74. The van der Waals surface area contributed by atoms with Crippen LogP contribution in [0.1, 0.15) is 22.8 Å². The Hall–Kier alpha value is -3.52. The standard InChI is InChI=1S/C25H29N3O5/c1-2-32-23-15-18(7-8-22(23)33-17-24(29)28-11-13-31-14-12-28)25(30)26-10-9-19-16-27-21-6-4-3-5-20(19)21/h3-8,15-16,27H,2,9-14,17H2,1H3,(H,26,30). The first-order chi connectivity index (χ1) is 16.2. The van der Waals surface area contributed by atoms with Crippen LogP contribution < -0.4 is 14.8 Å². The van der Waals surface area contributed by atoms with E-state index in [0.717, 1.165) is 17.5 Å². The Balaban J connectivity index is 1.34. The molecule has 0 radical (unpaired) electrons. The minimum absolute atomic E-state index is 0.0871. The van der Waals surface area contributed by atoms with E-state index < -0.39 is 0 Å². The summed E-state index contributed by atoms with van der Waals surface area (Å²) in [5, 5.41) is 4.13. The minimum Gasteiger partial charge on any atom is -0.490 e. The van der Waals surface area contributed by atoms with Crippen molar-refractivity contribution in [3.8, 4) is 11.5 Å². The number of nitrogens with one attached hydrogen (secondary N) is 2. The third-order valence-corrected chi connectivity index (χ3v) is 5.58. The highest BCUT2D eigenvalue weighted by molar-refractivity contribution is 5.95. The second kappa shape index (κ2) is 10.9. The van der Waals surface area contributed by atoms with Crippen molar-refractivity contribution < 1.29 is 23.8 Å². The van der Waals surface area contributed by atoms with Crippen LogP contribution in [0, 0.1) is 0 Å². The zero-order valence-electron chi connectivity index (χ0n) is 18.8. The van der Waals surface area contributed by atoms with Gasteiger partial charge in [0, 0.05) is 42.3 Å². The number of carbonyl (C=O) groups excluding carboxylic acids is 2. The van der Waals surface area contributed by atoms with Crippen molar-refractivity contribution in [2.45, 2.75) is 13.3 Å². The summed E-state index contributed by atoms with van der Waals surface area (Å²) in [6, 6.07) is 13.1. The van der Waals surface area contributed by atoms with Gasteiger partial charge in [0.25, 0.3) is 11.8 Å². The molecular weight excluding hydrogens is 422 g/mol. The molecule has 0 unspecified atom stereocenters. The number of para-hydroxylation sites is 1. The SMILES string of the molecule is CCOc1cc(C(=O)NCCc2c[nH]c3ccccc23)ccc1OCC(=O)N1CCOCC1. The van der Waals surface area contributed by atoms with Crippen molar-refractivity contribution in [2.75, 3.05) is 46.1 Å². The van der Waals surface area contributed by atoms with E-state index in [1.807, 2.05) is 31.3 Å². The first-order valence-corrected chi connectivity index (χ1v) is 11.2. The van der Waals surface area contributed by atoms with E-state index in [4.69, 9.17) is 14.2 Å². The molecule has 0 bridgehead atoms. The Morgan fingerprint density at radius 2 is 1.91 bits per heavy atom. The number of morpholine rings is 1. The maximum absolute atomic E-state index is 12.7. The molecule has 2 N–H and O–H groups in total. The Labute approximate surface area is 192 Å². The molecule has 3 aromatic rings. The monoisotopic (exact) mass is 451 g/mol. The maximum atomic E-state index is 12.7. The number of ether oxygens (including phenoxy) is 3. The van der Waals surface area contributed by atoms with Gasteiger partial charge >= 0.3 is 0 Å². The van der Waals surface area contributed by atoms with Crippen LogP contribution in [0.3, 0.4) is 0 Å². The number of hydrogen-bond acceptors (Lipinski definition) is 5. The summed E-state index contributed by atoms with van der Waals surface area (Å²) in [4.78, 5) is 30.0. The van der Waals surface area contributed by atoms with Gasteiger partial charge in [-0.2, -0.15) is 0 Å². The lowest BCUT2D eigenvalue weighted by atomic mass is 10.1. The largest absolute Gasteiger partial charge is 0.490 e. The van der Waals surface area contributed by atoms with Gasteiger partial charge in [-0.25, -0.2) is 0 Å². The average Bonchev–Trinajstić information content (AvgIpc) is 3.27. The van der Waals surface area contributed by atoms with Crippen LogP contribution >= 0.6 is 0 Å². The molecule has 0 aliphatic carbocycles. The summed E-state index contributed by atoms with van der Waals surface area (Å²) >= 11 is 0. The zero-order valence-corrected chi connectivity index (χ0v) is 18.8. The summed E-state index contributed by atoms with van der Waals surface area (Å²) in [6.07, 6.45) is 2.70. The molecule has 2 amide bonds. The Morgan fingerprint density at radius 1 is 1.09 bits per heavy atom. The number of carbonyl (C=O) groups is 2. The molecule has 8 heteroatoms. The summed E-state index contributed by atoms with van der Waals surface area (Å²) in [6.45, 7) is 4.92. The van der Waals surface area contributed by atoms with Crippen molar-refractivity contribution in [1.82, 2.24) is 15.2 Å². The van der Waals surface area contributed by atoms with E-state index in [0.29, 0.717) is 56.5 Å². The van der Waals surface area contributed by atoms with Crippen LogP contribution in [0.4, 0.5) is 0 Å². The van der Waals surface area contributed by atoms with Gasteiger partial charge in [0.05, 0.1) is 19.8 Å². The number of H-pyrrole nitrogens is 1. The molecular formula is C25H29N3O5. The summed E-state index contributed by atoms with van der Waals surface area (Å²) in [5.74, 6) is 0.594. The predicted molar refractivity (Wildman–Crippen MR) is 125 cm³/mol. The number of amides is 2. The molecule has 174 valence electrons. The van der Waals surface area contributed by atoms with E-state index in [9.17, 15) is 9.59 Å². The highest BCUT2D eigenvalue weighted by Gasteiger charge is 2.19. The first-order valence-electron chi connectivity index (χ1n) is 11.2. The van der Waals surface area contributed by atoms with Crippen LogP contribution in [0.15, 0.2) is 48.7 Å². The molecule has 4 rings (SSSR count). The molecule has 8 nitrogen and oxygen atoms in total. The number of aromatic nitrogens is 1. The van der Waals surface area contributed by atoms with Crippen LogP contribution in [0.5, 0.6) is 11.5 Å². The Kier molecular flexibility index (Phi) is 7.47. The minimum atomic E-state index is -0.188. The molecule has 0 saturated carbocycles. The molecule has 1 saturated heterocycles. The number of nitrogens with zero attached hydrogens (tertiary/aromatic N) is 1. The molecule has 1 aliphatic rings. The van der Waals surface area contributed by atoms with Crippen molar-refractivity contribution in [1.29, 1.82) is 0 Å². The van der Waals surface area contributed by atoms with Gasteiger partial charge in [-0.1, -0.05) is 18.2 Å². The zero-order chi connectivity index (χ0) is 23.0. The van der Waals surface area contributed by atoms with Crippen LogP contribution in [0.2, 0.25) is 0 Å². The molecule has 0 spiro atoms. The molecule has 0 atom stereocenters. The van der Waals surface area contributed by atoms with Crippen LogP contribution in [-0.2, 0) is 16.0 Å². The molecule has 33 heavy (non-hydrogen) atoms. The van der Waals surface area contributed by atoms with Gasteiger partial charge in [-0.3, -0.25) is 9.59 Å². The van der Waals surface area contributed by atoms with Gasteiger partial charge in [0.1, 0.15) is 0 Å². The highest BCUT2D eigenvalue weighted by Crippen LogP contribution is 2.28. The lowest BCUT2D eigenvalue weighted by Crippen LogP contribution is -2.43. The fraction of sp³-hybridized carbons (Fsp3) is 0.360. The number of benzene rings is 2. The highest BCUT2D eigenvalue weighted by atomic mass is 16.5. The quantitative estimate of drug-likeness (QED) is 0.522. The van der Waals surface area contributed by atoms with E-state index in [1.165, 1.54) is 5.39 Å². The third kappa shape index (κ3) is 5.64. The number of hydrogen-bond donors (Lipinski definition) is 2. The second-order valence-electron chi connectivity index (χ2n) is 7.74. The van der Waals surface area contributed by atoms with E-state index in [1.54, 1.807) is 23.1 Å². The van der Waals surface area contributed by atoms with Gasteiger partial charge in [0.2, 0.25) is 0 Å². The first kappa shape index (κ1) is 22.7. The molecule has 1 aliphatic heterocycles. The van der Waals surface area contributed by atoms with Crippen LogP contribution in [-0.4, -0.2) is 67.8 Å². The van der Waals surface area contributed by atoms with E-state index in [-0.39, 0.29) is 18.4 Å². The maximum Gasteiger partial charge on any atom is 0.260 e. The van der Waals surface area contributed by atoms with Crippen molar-refractivity contribution >= 4 is 22.7 Å². The van der Waals surface area contributed by atoms with Gasteiger partial charge in [-0.15, -0.1) is 0 Å². The van der Waals surface area contributed by atoms with Crippen molar-refractivity contribution in [3.05, 3.63) is 59.8 Å². The predicted octanol–water partition coefficient (Wildman–Crippen LogP) is 2.78. The van der Waals surface area contributed by atoms with Gasteiger partial charge in [0.15, 0.2) is 18.1 Å². The fourth-order valence-electron chi connectivity index (χ4n) is 3.83. The third-order valence-electron chi connectivity index (χ3n) is 5.58. The van der Waals surface area contributed by atoms with E-state index in [2.05, 4.69) is 16.4 Å². The average molecular weight is 452 g/mol. The van der Waals surface area contributed by atoms with Crippen LogP contribution in [0.25, 0.3) is 10.9 Å². The molecule has 2 heterocycles. The lowest BCUT2D eigenvalue weighted by Gasteiger charge is -2.26. The Morgan fingerprint density at radius 3 is 2.73 bits per heavy atom. The lowest BCUT2D eigenvalue weighted by molar-refractivity contribution is -0.137. The Bertz CT molecular complexity index is 1100. The normalized spacial score (nSPS) is 13.7. The van der Waals surface area contributed by atoms with Gasteiger partial charge < -0.3 is 29.4 Å². The topological polar surface area (TPSA) is 92.9 Å².